The monoisotopic (exact) mass is 171 g/mol. The van der Waals surface area contributed by atoms with Gasteiger partial charge >= 0.3 is 7.69 Å². The van der Waals surface area contributed by atoms with Crippen LogP contribution in [0.4, 0.5) is 0 Å². The van der Waals surface area contributed by atoms with E-state index in [9.17, 15) is 0 Å². The van der Waals surface area contributed by atoms with Crippen molar-refractivity contribution in [2.45, 2.75) is 0 Å². The highest BCUT2D eigenvalue weighted by molar-refractivity contribution is 6.17. The SMILES string of the molecule is COc1ccncc1OBO.O. The van der Waals surface area contributed by atoms with Gasteiger partial charge in [-0.1, -0.05) is 0 Å². The van der Waals surface area contributed by atoms with Gasteiger partial charge in [0.2, 0.25) is 0 Å². The van der Waals surface area contributed by atoms with Crippen LogP contribution in [0.1, 0.15) is 0 Å². The average molecular weight is 171 g/mol. The van der Waals surface area contributed by atoms with Crippen molar-refractivity contribution in [2.75, 3.05) is 7.11 Å². The van der Waals surface area contributed by atoms with E-state index in [0.29, 0.717) is 11.5 Å². The van der Waals surface area contributed by atoms with Gasteiger partial charge in [0.05, 0.1) is 13.3 Å². The predicted molar refractivity (Wildman–Crippen MR) is 44.4 cm³/mol. The Hall–Kier alpha value is -1.27. The van der Waals surface area contributed by atoms with Gasteiger partial charge in [-0.15, -0.1) is 0 Å². The highest BCUT2D eigenvalue weighted by Gasteiger charge is 2.01. The lowest BCUT2D eigenvalue weighted by molar-refractivity contribution is 0.380. The lowest BCUT2D eigenvalue weighted by atomic mass is 10.3. The molecule has 1 aromatic rings. The Labute approximate surface area is 70.6 Å². The number of aromatic nitrogens is 1. The molecule has 1 aromatic heterocycles. The van der Waals surface area contributed by atoms with Crippen LogP contribution < -0.4 is 9.39 Å². The summed E-state index contributed by atoms with van der Waals surface area (Å²) in [5, 5.41) is 8.43. The van der Waals surface area contributed by atoms with Crippen LogP contribution in [0.3, 0.4) is 0 Å². The molecule has 0 spiro atoms. The molecule has 6 heteroatoms. The lowest BCUT2D eigenvalue weighted by Gasteiger charge is -2.05. The number of pyridine rings is 1. The smallest absolute Gasteiger partial charge is 0.504 e. The molecule has 1 heterocycles. The van der Waals surface area contributed by atoms with Crippen molar-refractivity contribution in [2.24, 2.45) is 0 Å². The largest absolute Gasteiger partial charge is 0.535 e. The second-order valence-corrected chi connectivity index (χ2v) is 1.80. The fraction of sp³-hybridized carbons (Fsp3) is 0.167. The van der Waals surface area contributed by atoms with Gasteiger partial charge in [0.15, 0.2) is 11.5 Å². The molecule has 12 heavy (non-hydrogen) atoms. The molecule has 0 saturated carbocycles. The maximum absolute atomic E-state index is 8.43. The molecule has 66 valence electrons. The van der Waals surface area contributed by atoms with E-state index in [-0.39, 0.29) is 13.2 Å². The van der Waals surface area contributed by atoms with Crippen molar-refractivity contribution in [3.8, 4) is 11.5 Å². The summed E-state index contributed by atoms with van der Waals surface area (Å²) in [4.78, 5) is 3.80. The fourth-order valence-corrected chi connectivity index (χ4v) is 0.714. The molecule has 0 aliphatic heterocycles. The van der Waals surface area contributed by atoms with E-state index in [1.165, 1.54) is 13.3 Å². The summed E-state index contributed by atoms with van der Waals surface area (Å²) in [6.45, 7) is 0. The van der Waals surface area contributed by atoms with Gasteiger partial charge in [-0.05, 0) is 0 Å². The molecule has 0 unspecified atom stereocenters. The summed E-state index contributed by atoms with van der Waals surface area (Å²) < 4.78 is 9.72. The maximum Gasteiger partial charge on any atom is 0.504 e. The van der Waals surface area contributed by atoms with Gasteiger partial charge in [-0.2, -0.15) is 0 Å². The molecule has 5 nitrogen and oxygen atoms in total. The van der Waals surface area contributed by atoms with E-state index in [1.807, 2.05) is 0 Å². The van der Waals surface area contributed by atoms with Crippen molar-refractivity contribution in [3.05, 3.63) is 18.5 Å². The molecule has 0 saturated heterocycles. The van der Waals surface area contributed by atoms with Gasteiger partial charge in [0.1, 0.15) is 0 Å². The third-order valence-electron chi connectivity index (χ3n) is 1.19. The third-order valence-corrected chi connectivity index (χ3v) is 1.19. The Morgan fingerprint density at radius 3 is 2.83 bits per heavy atom. The van der Waals surface area contributed by atoms with Crippen LogP contribution in [0, 0.1) is 0 Å². The van der Waals surface area contributed by atoms with E-state index in [1.54, 1.807) is 12.3 Å². The van der Waals surface area contributed by atoms with Crippen LogP contribution in [-0.4, -0.2) is 30.3 Å². The zero-order chi connectivity index (χ0) is 8.10. The van der Waals surface area contributed by atoms with Crippen LogP contribution in [0.2, 0.25) is 0 Å². The molecule has 1 rings (SSSR count). The number of methoxy groups -OCH3 is 1. The van der Waals surface area contributed by atoms with Gasteiger partial charge in [0, 0.05) is 12.3 Å². The van der Waals surface area contributed by atoms with E-state index in [4.69, 9.17) is 14.4 Å². The highest BCUT2D eigenvalue weighted by atomic mass is 16.5. The Balaban J connectivity index is 0.00000121. The van der Waals surface area contributed by atoms with Crippen LogP contribution in [0.5, 0.6) is 11.5 Å². The molecular formula is C6H10BNO4. The van der Waals surface area contributed by atoms with Crippen LogP contribution in [-0.2, 0) is 0 Å². The summed E-state index contributed by atoms with van der Waals surface area (Å²) in [5.74, 6) is 1.01. The van der Waals surface area contributed by atoms with Crippen molar-refractivity contribution in [3.63, 3.8) is 0 Å². The first kappa shape index (κ1) is 10.7. The molecule has 3 N–H and O–H groups in total. The predicted octanol–water partition coefficient (Wildman–Crippen LogP) is -1.10. The third kappa shape index (κ3) is 2.41. The zero-order valence-electron chi connectivity index (χ0n) is 6.65. The first-order valence-corrected chi connectivity index (χ1v) is 3.10. The van der Waals surface area contributed by atoms with E-state index < -0.39 is 0 Å². The standard InChI is InChI=1S/C6H8BNO3.H2O/c1-10-5-2-3-8-4-6(5)11-7-9;/h2-4,7,9H,1H3;1H2. The van der Waals surface area contributed by atoms with Gasteiger partial charge in [-0.25, -0.2) is 0 Å². The van der Waals surface area contributed by atoms with Gasteiger partial charge < -0.3 is 19.9 Å². The Bertz CT molecular complexity index is 233. The Morgan fingerprint density at radius 2 is 2.25 bits per heavy atom. The van der Waals surface area contributed by atoms with E-state index in [0.717, 1.165) is 0 Å². The summed E-state index contributed by atoms with van der Waals surface area (Å²) in [5.41, 5.74) is 0. The van der Waals surface area contributed by atoms with Gasteiger partial charge in [-0.3, -0.25) is 4.98 Å². The fourth-order valence-electron chi connectivity index (χ4n) is 0.714. The molecule has 0 bridgehead atoms. The van der Waals surface area contributed by atoms with Crippen LogP contribution in [0.15, 0.2) is 18.5 Å². The number of hydrogen-bond donors (Lipinski definition) is 1. The second-order valence-electron chi connectivity index (χ2n) is 1.80. The number of rotatable bonds is 3. The summed E-state index contributed by atoms with van der Waals surface area (Å²) in [6, 6.07) is 1.66. The topological polar surface area (TPSA) is 83.1 Å². The quantitative estimate of drug-likeness (QED) is 0.585. The summed E-state index contributed by atoms with van der Waals surface area (Å²) >= 11 is 0. The normalized spacial score (nSPS) is 8.17. The second kappa shape index (κ2) is 5.39. The summed E-state index contributed by atoms with van der Waals surface area (Å²) in [7, 11) is 1.15. The van der Waals surface area contributed by atoms with E-state index >= 15 is 0 Å². The van der Waals surface area contributed by atoms with Crippen molar-refractivity contribution < 1.29 is 19.9 Å². The minimum Gasteiger partial charge on any atom is -0.535 e. The van der Waals surface area contributed by atoms with Crippen LogP contribution in [0.25, 0.3) is 0 Å². The lowest BCUT2D eigenvalue weighted by Crippen LogP contribution is -2.01. The first-order valence-electron chi connectivity index (χ1n) is 3.10. The molecular weight excluding hydrogens is 161 g/mol. The highest BCUT2D eigenvalue weighted by Crippen LogP contribution is 2.23. The first-order chi connectivity index (χ1) is 5.38. The van der Waals surface area contributed by atoms with E-state index in [2.05, 4.69) is 4.98 Å². The Morgan fingerprint density at radius 1 is 1.50 bits per heavy atom. The molecule has 0 radical (unpaired) electrons. The minimum absolute atomic E-state index is 0. The molecule has 0 aliphatic rings. The van der Waals surface area contributed by atoms with Crippen molar-refractivity contribution in [1.29, 1.82) is 0 Å². The van der Waals surface area contributed by atoms with Crippen molar-refractivity contribution >= 4 is 7.69 Å². The van der Waals surface area contributed by atoms with Crippen molar-refractivity contribution in [1.82, 2.24) is 4.98 Å². The molecule has 0 amide bonds. The molecule has 0 atom stereocenters. The van der Waals surface area contributed by atoms with Crippen LogP contribution >= 0.6 is 0 Å². The number of hydrogen-bond acceptors (Lipinski definition) is 4. The Kier molecular flexibility index (Phi) is 4.83. The number of nitrogens with zero attached hydrogens (tertiary/aromatic N) is 1. The molecule has 0 aromatic carbocycles. The number of ether oxygens (including phenoxy) is 1. The van der Waals surface area contributed by atoms with Gasteiger partial charge in [0.25, 0.3) is 0 Å². The zero-order valence-corrected chi connectivity index (χ0v) is 6.65. The molecule has 0 aliphatic carbocycles. The summed E-state index contributed by atoms with van der Waals surface area (Å²) in [6.07, 6.45) is 3.07. The maximum atomic E-state index is 8.43. The average Bonchev–Trinajstić information content (AvgIpc) is 2.06. The minimum atomic E-state index is -0.373. The molecule has 0 fully saturated rings.